The Balaban J connectivity index is 2.53. The number of rotatable bonds is 3. The third kappa shape index (κ3) is 2.96. The fraction of sp³-hybridized carbons (Fsp3) is 0.250. The quantitative estimate of drug-likeness (QED) is 0.801. The molecule has 19 heavy (non-hydrogen) atoms. The molecule has 1 heterocycles. The number of halogens is 2. The molecule has 1 aromatic heterocycles. The molecule has 0 aliphatic carbocycles. The van der Waals surface area contributed by atoms with Crippen molar-refractivity contribution in [2.24, 2.45) is 0 Å². The Kier molecular flexibility index (Phi) is 4.21. The van der Waals surface area contributed by atoms with Crippen LogP contribution < -0.4 is 5.56 Å². The Morgan fingerprint density at radius 2 is 2.21 bits per heavy atom. The monoisotopic (exact) mass is 344 g/mol. The maximum absolute atomic E-state index is 12.2. The average molecular weight is 346 g/mol. The van der Waals surface area contributed by atoms with Crippen molar-refractivity contribution in [3.05, 3.63) is 38.2 Å². The number of aromatic nitrogens is 2. The first-order chi connectivity index (χ1) is 9.02. The highest BCUT2D eigenvalue weighted by atomic mass is 79.9. The number of benzene rings is 1. The summed E-state index contributed by atoms with van der Waals surface area (Å²) in [6.45, 7) is 1.74. The van der Waals surface area contributed by atoms with Gasteiger partial charge in [0.2, 0.25) is 0 Å². The molecule has 0 radical (unpaired) electrons. The number of carbonyl (C=O) groups is 1. The SMILES string of the molecule is CCOC(=O)Cn1nc(Br)c2cc(Cl)ccc2c1=O. The largest absolute Gasteiger partial charge is 0.465 e. The molecule has 0 fully saturated rings. The number of fused-ring (bicyclic) bond motifs is 1. The van der Waals surface area contributed by atoms with Crippen LogP contribution in [0.25, 0.3) is 10.8 Å². The molecular weight excluding hydrogens is 336 g/mol. The van der Waals surface area contributed by atoms with Gasteiger partial charge in [-0.2, -0.15) is 5.10 Å². The van der Waals surface area contributed by atoms with Crippen molar-refractivity contribution < 1.29 is 9.53 Å². The number of hydrogen-bond donors (Lipinski definition) is 0. The maximum Gasteiger partial charge on any atom is 0.327 e. The molecule has 2 aromatic rings. The minimum atomic E-state index is -0.502. The van der Waals surface area contributed by atoms with Gasteiger partial charge in [-0.3, -0.25) is 9.59 Å². The van der Waals surface area contributed by atoms with Crippen LogP contribution in [0.2, 0.25) is 5.02 Å². The lowest BCUT2D eigenvalue weighted by Gasteiger charge is -2.07. The van der Waals surface area contributed by atoms with Crippen molar-refractivity contribution in [1.29, 1.82) is 0 Å². The van der Waals surface area contributed by atoms with Crippen LogP contribution in [0.3, 0.4) is 0 Å². The zero-order valence-electron chi connectivity index (χ0n) is 10.0. The predicted molar refractivity (Wildman–Crippen MR) is 75.3 cm³/mol. The Hall–Kier alpha value is -1.40. The van der Waals surface area contributed by atoms with Crippen LogP contribution in [-0.4, -0.2) is 22.4 Å². The molecule has 0 bridgehead atoms. The second-order valence-corrected chi connectivity index (χ2v) is 4.94. The first-order valence-corrected chi connectivity index (χ1v) is 6.71. The van der Waals surface area contributed by atoms with E-state index in [2.05, 4.69) is 21.0 Å². The molecule has 1 aromatic carbocycles. The van der Waals surface area contributed by atoms with Gasteiger partial charge in [0.25, 0.3) is 5.56 Å². The second-order valence-electron chi connectivity index (χ2n) is 3.75. The van der Waals surface area contributed by atoms with Crippen molar-refractivity contribution in [3.63, 3.8) is 0 Å². The second kappa shape index (κ2) is 5.71. The van der Waals surface area contributed by atoms with Gasteiger partial charge in [0.05, 0.1) is 12.0 Å². The van der Waals surface area contributed by atoms with E-state index in [0.717, 1.165) is 4.68 Å². The standard InChI is InChI=1S/C12H10BrClN2O3/c1-2-19-10(17)6-16-12(18)8-4-3-7(14)5-9(8)11(13)15-16/h3-5H,2,6H2,1H3. The summed E-state index contributed by atoms with van der Waals surface area (Å²) in [4.78, 5) is 23.6. The lowest BCUT2D eigenvalue weighted by atomic mass is 10.2. The molecule has 2 rings (SSSR count). The van der Waals surface area contributed by atoms with Gasteiger partial charge in [0, 0.05) is 10.4 Å². The molecule has 0 saturated heterocycles. The zero-order chi connectivity index (χ0) is 14.0. The van der Waals surface area contributed by atoms with Gasteiger partial charge in [0.15, 0.2) is 0 Å². The molecular formula is C12H10BrClN2O3. The predicted octanol–water partition coefficient (Wildman–Crippen LogP) is 2.38. The summed E-state index contributed by atoms with van der Waals surface area (Å²) in [7, 11) is 0. The van der Waals surface area contributed by atoms with Crippen LogP contribution >= 0.6 is 27.5 Å². The normalized spacial score (nSPS) is 10.7. The Morgan fingerprint density at radius 1 is 1.47 bits per heavy atom. The van der Waals surface area contributed by atoms with Gasteiger partial charge in [-0.1, -0.05) is 11.6 Å². The summed E-state index contributed by atoms with van der Waals surface area (Å²) >= 11 is 9.14. The molecule has 0 N–H and O–H groups in total. The fourth-order valence-corrected chi connectivity index (χ4v) is 2.35. The first kappa shape index (κ1) is 14.0. The minimum Gasteiger partial charge on any atom is -0.465 e. The van der Waals surface area contributed by atoms with Gasteiger partial charge < -0.3 is 4.74 Å². The van der Waals surface area contributed by atoms with E-state index in [1.54, 1.807) is 25.1 Å². The van der Waals surface area contributed by atoms with Crippen LogP contribution in [0.5, 0.6) is 0 Å². The highest BCUT2D eigenvalue weighted by Crippen LogP contribution is 2.22. The first-order valence-electron chi connectivity index (χ1n) is 5.54. The van der Waals surface area contributed by atoms with Crippen LogP contribution in [-0.2, 0) is 16.1 Å². The van der Waals surface area contributed by atoms with Crippen molar-refractivity contribution in [2.45, 2.75) is 13.5 Å². The number of nitrogens with zero attached hydrogens (tertiary/aromatic N) is 2. The Morgan fingerprint density at radius 3 is 2.89 bits per heavy atom. The molecule has 0 aliphatic heterocycles. The summed E-state index contributed by atoms with van der Waals surface area (Å²) in [6, 6.07) is 4.87. The fourth-order valence-electron chi connectivity index (χ4n) is 1.65. The van der Waals surface area contributed by atoms with Crippen LogP contribution in [0.15, 0.2) is 27.6 Å². The summed E-state index contributed by atoms with van der Waals surface area (Å²) in [5, 5.41) is 5.59. The van der Waals surface area contributed by atoms with Gasteiger partial charge in [-0.05, 0) is 41.1 Å². The highest BCUT2D eigenvalue weighted by Gasteiger charge is 2.12. The summed E-state index contributed by atoms with van der Waals surface area (Å²) < 4.78 is 6.32. The van der Waals surface area contributed by atoms with Gasteiger partial charge in [-0.15, -0.1) is 0 Å². The molecule has 5 nitrogen and oxygen atoms in total. The van der Waals surface area contributed by atoms with E-state index < -0.39 is 5.97 Å². The molecule has 0 amide bonds. The van der Waals surface area contributed by atoms with E-state index in [1.165, 1.54) is 0 Å². The van der Waals surface area contributed by atoms with Gasteiger partial charge >= 0.3 is 5.97 Å². The lowest BCUT2D eigenvalue weighted by molar-refractivity contribution is -0.144. The third-order valence-corrected chi connectivity index (χ3v) is 3.28. The molecule has 0 unspecified atom stereocenters. The smallest absolute Gasteiger partial charge is 0.327 e. The number of ether oxygens (including phenoxy) is 1. The minimum absolute atomic E-state index is 0.218. The van der Waals surface area contributed by atoms with Crippen LogP contribution in [0.4, 0.5) is 0 Å². The van der Waals surface area contributed by atoms with E-state index in [1.807, 2.05) is 0 Å². The van der Waals surface area contributed by atoms with Gasteiger partial charge in [-0.25, -0.2) is 4.68 Å². The maximum atomic E-state index is 12.2. The zero-order valence-corrected chi connectivity index (χ0v) is 12.4. The summed E-state index contributed by atoms with van der Waals surface area (Å²) in [5.41, 5.74) is -0.358. The van der Waals surface area contributed by atoms with E-state index >= 15 is 0 Å². The Bertz CT molecular complexity index is 699. The van der Waals surface area contributed by atoms with E-state index in [4.69, 9.17) is 16.3 Å². The number of carbonyl (C=O) groups excluding carboxylic acids is 1. The number of esters is 1. The third-order valence-electron chi connectivity index (χ3n) is 2.46. The lowest BCUT2D eigenvalue weighted by Crippen LogP contribution is -2.28. The van der Waals surface area contributed by atoms with Crippen LogP contribution in [0.1, 0.15) is 6.92 Å². The number of hydrogen-bond acceptors (Lipinski definition) is 4. The van der Waals surface area contributed by atoms with Crippen molar-refractivity contribution in [3.8, 4) is 0 Å². The van der Waals surface area contributed by atoms with Crippen LogP contribution in [0, 0.1) is 0 Å². The molecule has 0 atom stereocenters. The van der Waals surface area contributed by atoms with Crippen molar-refractivity contribution >= 4 is 44.3 Å². The molecule has 100 valence electrons. The van der Waals surface area contributed by atoms with Gasteiger partial charge in [0.1, 0.15) is 11.1 Å². The molecule has 0 spiro atoms. The highest BCUT2D eigenvalue weighted by molar-refractivity contribution is 9.10. The van der Waals surface area contributed by atoms with E-state index in [0.29, 0.717) is 20.4 Å². The molecule has 7 heteroatoms. The molecule has 0 saturated carbocycles. The molecule has 0 aliphatic rings. The summed E-state index contributed by atoms with van der Waals surface area (Å²) in [5.74, 6) is -0.502. The Labute approximate surface area is 122 Å². The van der Waals surface area contributed by atoms with E-state index in [-0.39, 0.29) is 18.7 Å². The average Bonchev–Trinajstić information content (AvgIpc) is 2.36. The summed E-state index contributed by atoms with van der Waals surface area (Å²) in [6.07, 6.45) is 0. The van der Waals surface area contributed by atoms with Crippen molar-refractivity contribution in [2.75, 3.05) is 6.61 Å². The topological polar surface area (TPSA) is 61.2 Å². The van der Waals surface area contributed by atoms with Crippen molar-refractivity contribution in [1.82, 2.24) is 9.78 Å². The van der Waals surface area contributed by atoms with E-state index in [9.17, 15) is 9.59 Å².